The molecule has 86 valence electrons. The number of carbonyl (C=O) groups is 1. The number of rotatable bonds is 1. The van der Waals surface area contributed by atoms with E-state index in [-0.39, 0.29) is 18.7 Å². The standard InChI is InChI=1S/C11H19NO3/c1-8-5-9(7-13)6-12(8)10(14)15-11(2,3)4/h5,8,13H,6-7H2,1-4H3. The molecule has 1 amide bonds. The second kappa shape index (κ2) is 4.23. The number of aliphatic hydroxyl groups excluding tert-OH is 1. The minimum Gasteiger partial charge on any atom is -0.444 e. The summed E-state index contributed by atoms with van der Waals surface area (Å²) >= 11 is 0. The summed E-state index contributed by atoms with van der Waals surface area (Å²) < 4.78 is 5.26. The van der Waals surface area contributed by atoms with Crippen LogP contribution in [-0.2, 0) is 4.74 Å². The molecule has 0 aromatic heterocycles. The Kier molecular flexibility index (Phi) is 3.39. The Labute approximate surface area is 90.5 Å². The molecule has 0 saturated carbocycles. The van der Waals surface area contributed by atoms with E-state index in [1.54, 1.807) is 4.90 Å². The lowest BCUT2D eigenvalue weighted by Crippen LogP contribution is -2.39. The zero-order valence-electron chi connectivity index (χ0n) is 9.78. The van der Waals surface area contributed by atoms with Gasteiger partial charge in [0.05, 0.1) is 12.6 Å². The van der Waals surface area contributed by atoms with Crippen molar-refractivity contribution in [3.8, 4) is 0 Å². The van der Waals surface area contributed by atoms with Crippen molar-refractivity contribution in [3.63, 3.8) is 0 Å². The minimum absolute atomic E-state index is 0.00185. The third-order valence-corrected chi connectivity index (χ3v) is 2.17. The number of carbonyl (C=O) groups excluding carboxylic acids is 1. The molecule has 0 radical (unpaired) electrons. The van der Waals surface area contributed by atoms with E-state index in [9.17, 15) is 4.79 Å². The van der Waals surface area contributed by atoms with Gasteiger partial charge in [-0.25, -0.2) is 4.79 Å². The smallest absolute Gasteiger partial charge is 0.411 e. The highest BCUT2D eigenvalue weighted by Crippen LogP contribution is 2.19. The van der Waals surface area contributed by atoms with Gasteiger partial charge in [0.15, 0.2) is 0 Å². The molecule has 1 atom stereocenters. The Morgan fingerprint density at radius 1 is 1.67 bits per heavy atom. The van der Waals surface area contributed by atoms with Crippen molar-refractivity contribution in [2.45, 2.75) is 39.3 Å². The summed E-state index contributed by atoms with van der Waals surface area (Å²) in [4.78, 5) is 13.3. The van der Waals surface area contributed by atoms with Crippen LogP contribution in [0, 0.1) is 0 Å². The van der Waals surface area contributed by atoms with E-state index in [4.69, 9.17) is 9.84 Å². The van der Waals surface area contributed by atoms with Gasteiger partial charge in [-0.1, -0.05) is 6.08 Å². The highest BCUT2D eigenvalue weighted by molar-refractivity contribution is 5.70. The van der Waals surface area contributed by atoms with Gasteiger partial charge in [0.1, 0.15) is 5.60 Å². The van der Waals surface area contributed by atoms with Crippen molar-refractivity contribution in [3.05, 3.63) is 11.6 Å². The molecule has 0 aliphatic carbocycles. The second-order valence-corrected chi connectivity index (χ2v) is 4.83. The molecule has 1 aliphatic rings. The molecule has 4 heteroatoms. The van der Waals surface area contributed by atoms with E-state index >= 15 is 0 Å². The first kappa shape index (κ1) is 12.0. The molecule has 0 spiro atoms. The van der Waals surface area contributed by atoms with Crippen LogP contribution in [0.1, 0.15) is 27.7 Å². The van der Waals surface area contributed by atoms with Gasteiger partial charge in [-0.15, -0.1) is 0 Å². The molecule has 1 unspecified atom stereocenters. The first-order valence-electron chi connectivity index (χ1n) is 5.13. The number of amides is 1. The van der Waals surface area contributed by atoms with Gasteiger partial charge in [0.25, 0.3) is 0 Å². The van der Waals surface area contributed by atoms with Crippen LogP contribution in [0.5, 0.6) is 0 Å². The molecule has 1 rings (SSSR count). The van der Waals surface area contributed by atoms with Gasteiger partial charge in [-0.3, -0.25) is 4.90 Å². The number of ether oxygens (including phenoxy) is 1. The molecule has 1 heterocycles. The van der Waals surface area contributed by atoms with Crippen molar-refractivity contribution >= 4 is 6.09 Å². The van der Waals surface area contributed by atoms with Gasteiger partial charge in [0.2, 0.25) is 0 Å². The third kappa shape index (κ3) is 3.23. The molecule has 4 nitrogen and oxygen atoms in total. The van der Waals surface area contributed by atoms with E-state index < -0.39 is 5.60 Å². The zero-order chi connectivity index (χ0) is 11.6. The average Bonchev–Trinajstić information content (AvgIpc) is 2.43. The molecule has 0 bridgehead atoms. The Morgan fingerprint density at radius 2 is 2.27 bits per heavy atom. The quantitative estimate of drug-likeness (QED) is 0.672. The summed E-state index contributed by atoms with van der Waals surface area (Å²) in [5.74, 6) is 0. The SMILES string of the molecule is CC1C=C(CO)CN1C(=O)OC(C)(C)C. The molecule has 15 heavy (non-hydrogen) atoms. The monoisotopic (exact) mass is 213 g/mol. The van der Waals surface area contributed by atoms with Gasteiger partial charge in [-0.2, -0.15) is 0 Å². The summed E-state index contributed by atoms with van der Waals surface area (Å²) in [6.45, 7) is 7.90. The summed E-state index contributed by atoms with van der Waals surface area (Å²) in [6, 6.07) is 0.00185. The van der Waals surface area contributed by atoms with Gasteiger partial charge < -0.3 is 9.84 Å². The molecule has 1 N–H and O–H groups in total. The van der Waals surface area contributed by atoms with Crippen LogP contribution in [0.15, 0.2) is 11.6 Å². The maximum Gasteiger partial charge on any atom is 0.411 e. The lowest BCUT2D eigenvalue weighted by Gasteiger charge is -2.27. The van der Waals surface area contributed by atoms with Gasteiger partial charge >= 0.3 is 6.09 Å². The Morgan fingerprint density at radius 3 is 2.67 bits per heavy atom. The van der Waals surface area contributed by atoms with Crippen LogP contribution in [0.2, 0.25) is 0 Å². The van der Waals surface area contributed by atoms with E-state index in [1.807, 2.05) is 33.8 Å². The molecule has 0 fully saturated rings. The van der Waals surface area contributed by atoms with Crippen molar-refractivity contribution < 1.29 is 14.6 Å². The number of hydrogen-bond acceptors (Lipinski definition) is 3. The van der Waals surface area contributed by atoms with Gasteiger partial charge in [0, 0.05) is 6.54 Å². The van der Waals surface area contributed by atoms with Crippen LogP contribution in [0.3, 0.4) is 0 Å². The largest absolute Gasteiger partial charge is 0.444 e. The highest BCUT2D eigenvalue weighted by atomic mass is 16.6. The highest BCUT2D eigenvalue weighted by Gasteiger charge is 2.29. The second-order valence-electron chi connectivity index (χ2n) is 4.83. The summed E-state index contributed by atoms with van der Waals surface area (Å²) in [7, 11) is 0. The lowest BCUT2D eigenvalue weighted by molar-refractivity contribution is 0.0249. The molecule has 0 aromatic carbocycles. The van der Waals surface area contributed by atoms with E-state index in [2.05, 4.69) is 0 Å². The van der Waals surface area contributed by atoms with Crippen molar-refractivity contribution in [1.82, 2.24) is 4.90 Å². The minimum atomic E-state index is -0.473. The van der Waals surface area contributed by atoms with Crippen LogP contribution in [0.4, 0.5) is 4.79 Å². The van der Waals surface area contributed by atoms with Crippen LogP contribution in [0.25, 0.3) is 0 Å². The molecule has 0 saturated heterocycles. The number of aliphatic hydroxyl groups is 1. The Balaban J connectivity index is 2.57. The van der Waals surface area contributed by atoms with Crippen molar-refractivity contribution in [1.29, 1.82) is 0 Å². The molecular weight excluding hydrogens is 194 g/mol. The fourth-order valence-electron chi connectivity index (χ4n) is 1.50. The van der Waals surface area contributed by atoms with E-state index in [0.29, 0.717) is 6.54 Å². The summed E-state index contributed by atoms with van der Waals surface area (Å²) in [5.41, 5.74) is 0.395. The molecular formula is C11H19NO3. The topological polar surface area (TPSA) is 49.8 Å². The maximum atomic E-state index is 11.7. The molecule has 1 aliphatic heterocycles. The van der Waals surface area contributed by atoms with Crippen LogP contribution >= 0.6 is 0 Å². The first-order valence-corrected chi connectivity index (χ1v) is 5.13. The van der Waals surface area contributed by atoms with E-state index in [1.165, 1.54) is 0 Å². The van der Waals surface area contributed by atoms with Crippen molar-refractivity contribution in [2.75, 3.05) is 13.2 Å². The summed E-state index contributed by atoms with van der Waals surface area (Å²) in [6.07, 6.45) is 1.57. The van der Waals surface area contributed by atoms with Gasteiger partial charge in [-0.05, 0) is 33.3 Å². The van der Waals surface area contributed by atoms with E-state index in [0.717, 1.165) is 5.57 Å². The van der Waals surface area contributed by atoms with Crippen LogP contribution < -0.4 is 0 Å². The first-order chi connectivity index (χ1) is 6.83. The Hall–Kier alpha value is -1.03. The third-order valence-electron chi connectivity index (χ3n) is 2.17. The van der Waals surface area contributed by atoms with Crippen molar-refractivity contribution in [2.24, 2.45) is 0 Å². The van der Waals surface area contributed by atoms with Crippen LogP contribution in [-0.4, -0.2) is 40.9 Å². The predicted octanol–water partition coefficient (Wildman–Crippen LogP) is 1.54. The predicted molar refractivity (Wildman–Crippen MR) is 57.6 cm³/mol. The fraction of sp³-hybridized carbons (Fsp3) is 0.727. The average molecular weight is 213 g/mol. The number of nitrogens with zero attached hydrogens (tertiary/aromatic N) is 1. The number of hydrogen-bond donors (Lipinski definition) is 1. The lowest BCUT2D eigenvalue weighted by atomic mass is 10.2. The zero-order valence-corrected chi connectivity index (χ0v) is 9.78. The summed E-state index contributed by atoms with van der Waals surface area (Å²) in [5, 5.41) is 8.97. The fourth-order valence-corrected chi connectivity index (χ4v) is 1.50. The maximum absolute atomic E-state index is 11.7. The molecule has 0 aromatic rings. The Bertz CT molecular complexity index is 278. The normalized spacial score (nSPS) is 21.5.